The molecule has 0 bridgehead atoms. The van der Waals surface area contributed by atoms with E-state index in [9.17, 15) is 8.42 Å². The Labute approximate surface area is 152 Å². The largest absolute Gasteiger partial charge is 0.494 e. The molecule has 1 aromatic heterocycles. The number of rotatable bonds is 7. The van der Waals surface area contributed by atoms with Crippen molar-refractivity contribution in [1.82, 2.24) is 10.1 Å². The van der Waals surface area contributed by atoms with Crippen LogP contribution in [-0.4, -0.2) is 30.9 Å². The molecule has 8 heteroatoms. The first kappa shape index (κ1) is 17.9. The molecule has 7 nitrogen and oxygen atoms in total. The number of nitrogens with one attached hydrogen (secondary N) is 1. The van der Waals surface area contributed by atoms with E-state index in [1.54, 1.807) is 31.2 Å². The summed E-state index contributed by atoms with van der Waals surface area (Å²) in [7, 11) is -3.30. The third kappa shape index (κ3) is 4.20. The first-order valence-corrected chi connectivity index (χ1v) is 9.84. The van der Waals surface area contributed by atoms with Crippen molar-refractivity contribution >= 4 is 15.7 Å². The van der Waals surface area contributed by atoms with Gasteiger partial charge in [0.25, 0.3) is 5.89 Å². The van der Waals surface area contributed by atoms with Crippen molar-refractivity contribution in [3.05, 3.63) is 48.5 Å². The maximum Gasteiger partial charge on any atom is 0.258 e. The second-order valence-corrected chi connectivity index (χ2v) is 7.47. The zero-order valence-corrected chi connectivity index (χ0v) is 15.3. The van der Waals surface area contributed by atoms with Crippen molar-refractivity contribution < 1.29 is 17.7 Å². The van der Waals surface area contributed by atoms with Crippen LogP contribution in [0.4, 0.5) is 5.69 Å². The molecule has 0 amide bonds. The minimum absolute atomic E-state index is 0.0189. The quantitative estimate of drug-likeness (QED) is 0.680. The third-order valence-electron chi connectivity index (χ3n) is 3.63. The second-order valence-electron chi connectivity index (χ2n) is 5.46. The standard InChI is InChI=1S/C18H19N3O4S/c1-3-24-16-11-7-14(8-12-16)18-19-17(20-25-18)13-5-9-15(10-6-13)21-26(22,23)4-2/h5-12,21H,3-4H2,1-2H3. The number of nitrogens with zero attached hydrogens (tertiary/aromatic N) is 2. The number of hydrogen-bond donors (Lipinski definition) is 1. The summed E-state index contributed by atoms with van der Waals surface area (Å²) in [6.45, 7) is 4.11. The normalized spacial score (nSPS) is 11.3. The van der Waals surface area contributed by atoms with Crippen molar-refractivity contribution in [3.63, 3.8) is 0 Å². The Morgan fingerprint density at radius 3 is 2.27 bits per heavy atom. The van der Waals surface area contributed by atoms with Gasteiger partial charge >= 0.3 is 0 Å². The van der Waals surface area contributed by atoms with Crippen LogP contribution < -0.4 is 9.46 Å². The molecule has 0 unspecified atom stereocenters. The Bertz CT molecular complexity index is 964. The van der Waals surface area contributed by atoms with Crippen molar-refractivity contribution in [2.75, 3.05) is 17.1 Å². The molecule has 1 heterocycles. The van der Waals surface area contributed by atoms with Gasteiger partial charge in [0.2, 0.25) is 15.8 Å². The van der Waals surface area contributed by atoms with E-state index in [1.807, 2.05) is 31.2 Å². The molecule has 0 fully saturated rings. The minimum atomic E-state index is -3.30. The van der Waals surface area contributed by atoms with Crippen LogP contribution in [0.1, 0.15) is 13.8 Å². The molecule has 0 aliphatic heterocycles. The second kappa shape index (κ2) is 7.57. The number of anilines is 1. The Morgan fingerprint density at radius 2 is 1.65 bits per heavy atom. The van der Waals surface area contributed by atoms with Gasteiger partial charge in [-0.2, -0.15) is 4.98 Å². The first-order valence-electron chi connectivity index (χ1n) is 8.18. The van der Waals surface area contributed by atoms with Gasteiger partial charge in [-0.05, 0) is 62.4 Å². The molecule has 0 atom stereocenters. The molecule has 0 saturated carbocycles. The first-order chi connectivity index (χ1) is 12.5. The number of ether oxygens (including phenoxy) is 1. The molecular formula is C18H19N3O4S. The maximum absolute atomic E-state index is 11.6. The highest BCUT2D eigenvalue weighted by Gasteiger charge is 2.12. The molecule has 26 heavy (non-hydrogen) atoms. The molecule has 0 spiro atoms. The highest BCUT2D eigenvalue weighted by atomic mass is 32.2. The molecular weight excluding hydrogens is 354 g/mol. The van der Waals surface area contributed by atoms with Gasteiger partial charge in [0.1, 0.15) is 5.75 Å². The fraction of sp³-hybridized carbons (Fsp3) is 0.222. The highest BCUT2D eigenvalue weighted by Crippen LogP contribution is 2.25. The smallest absolute Gasteiger partial charge is 0.258 e. The fourth-order valence-corrected chi connectivity index (χ4v) is 2.90. The van der Waals surface area contributed by atoms with E-state index in [1.165, 1.54) is 0 Å². The summed E-state index contributed by atoms with van der Waals surface area (Å²) in [6, 6.07) is 14.2. The van der Waals surface area contributed by atoms with E-state index in [0.29, 0.717) is 24.0 Å². The van der Waals surface area contributed by atoms with Gasteiger partial charge in [0.05, 0.1) is 12.4 Å². The van der Waals surface area contributed by atoms with Gasteiger partial charge in [-0.1, -0.05) is 5.16 Å². The third-order valence-corrected chi connectivity index (χ3v) is 4.94. The van der Waals surface area contributed by atoms with E-state index >= 15 is 0 Å². The monoisotopic (exact) mass is 373 g/mol. The highest BCUT2D eigenvalue weighted by molar-refractivity contribution is 7.92. The Balaban J connectivity index is 1.77. The van der Waals surface area contributed by atoms with Crippen LogP contribution in [0.25, 0.3) is 22.8 Å². The lowest BCUT2D eigenvalue weighted by Crippen LogP contribution is -2.14. The topological polar surface area (TPSA) is 94.3 Å². The summed E-state index contributed by atoms with van der Waals surface area (Å²) in [5.74, 6) is 1.63. The lowest BCUT2D eigenvalue weighted by Gasteiger charge is -2.05. The molecule has 1 N–H and O–H groups in total. The van der Waals surface area contributed by atoms with Gasteiger partial charge in [-0.25, -0.2) is 8.42 Å². The SMILES string of the molecule is CCOc1ccc(-c2nc(-c3ccc(NS(=O)(=O)CC)cc3)no2)cc1. The van der Waals surface area contributed by atoms with Gasteiger partial charge in [0, 0.05) is 16.8 Å². The molecule has 2 aromatic carbocycles. The summed E-state index contributed by atoms with van der Waals surface area (Å²) in [5.41, 5.74) is 2.01. The Morgan fingerprint density at radius 1 is 1.00 bits per heavy atom. The molecule has 3 rings (SSSR count). The lowest BCUT2D eigenvalue weighted by atomic mass is 10.2. The predicted octanol–water partition coefficient (Wildman–Crippen LogP) is 3.56. The van der Waals surface area contributed by atoms with Crippen LogP contribution in [0.2, 0.25) is 0 Å². The van der Waals surface area contributed by atoms with Crippen LogP contribution in [0.5, 0.6) is 5.75 Å². The number of aromatic nitrogens is 2. The van der Waals surface area contributed by atoms with Gasteiger partial charge in [0.15, 0.2) is 0 Å². The predicted molar refractivity (Wildman–Crippen MR) is 99.4 cm³/mol. The van der Waals surface area contributed by atoms with Crippen LogP contribution in [-0.2, 0) is 10.0 Å². The zero-order chi connectivity index (χ0) is 18.6. The summed E-state index contributed by atoms with van der Waals surface area (Å²) in [4.78, 5) is 4.39. The van der Waals surface area contributed by atoms with E-state index in [2.05, 4.69) is 14.9 Å². The fourth-order valence-electron chi connectivity index (χ4n) is 2.26. The van der Waals surface area contributed by atoms with Crippen LogP contribution in [0, 0.1) is 0 Å². The summed E-state index contributed by atoms with van der Waals surface area (Å²) in [6.07, 6.45) is 0. The zero-order valence-electron chi connectivity index (χ0n) is 14.5. The summed E-state index contributed by atoms with van der Waals surface area (Å²) < 4.78 is 36.4. The van der Waals surface area contributed by atoms with E-state index in [-0.39, 0.29) is 5.75 Å². The average Bonchev–Trinajstić information content (AvgIpc) is 3.13. The van der Waals surface area contributed by atoms with Gasteiger partial charge in [-0.3, -0.25) is 4.72 Å². The molecule has 0 radical (unpaired) electrons. The summed E-state index contributed by atoms with van der Waals surface area (Å²) >= 11 is 0. The average molecular weight is 373 g/mol. The molecule has 136 valence electrons. The molecule has 3 aromatic rings. The number of hydrogen-bond acceptors (Lipinski definition) is 6. The van der Waals surface area contributed by atoms with Crippen LogP contribution in [0.3, 0.4) is 0 Å². The van der Waals surface area contributed by atoms with E-state index in [4.69, 9.17) is 9.26 Å². The molecule has 0 aliphatic carbocycles. The number of benzene rings is 2. The summed E-state index contributed by atoms with van der Waals surface area (Å²) in [5, 5.41) is 3.99. The van der Waals surface area contributed by atoms with Crippen molar-refractivity contribution in [2.45, 2.75) is 13.8 Å². The number of sulfonamides is 1. The van der Waals surface area contributed by atoms with Crippen molar-refractivity contribution in [3.8, 4) is 28.6 Å². The van der Waals surface area contributed by atoms with Crippen LogP contribution >= 0.6 is 0 Å². The minimum Gasteiger partial charge on any atom is -0.494 e. The van der Waals surface area contributed by atoms with E-state index < -0.39 is 10.0 Å². The van der Waals surface area contributed by atoms with Gasteiger partial charge in [-0.15, -0.1) is 0 Å². The van der Waals surface area contributed by atoms with E-state index in [0.717, 1.165) is 16.9 Å². The van der Waals surface area contributed by atoms with Crippen LogP contribution in [0.15, 0.2) is 53.1 Å². The van der Waals surface area contributed by atoms with Gasteiger partial charge < -0.3 is 9.26 Å². The Hall–Kier alpha value is -2.87. The lowest BCUT2D eigenvalue weighted by molar-refractivity contribution is 0.340. The molecule has 0 aliphatic rings. The Kier molecular flexibility index (Phi) is 5.22. The van der Waals surface area contributed by atoms with Crippen molar-refractivity contribution in [1.29, 1.82) is 0 Å². The molecule has 0 saturated heterocycles. The maximum atomic E-state index is 11.6. The van der Waals surface area contributed by atoms with Crippen molar-refractivity contribution in [2.24, 2.45) is 0 Å².